The normalized spacial score (nSPS) is 15.5. The molecule has 4 aromatic rings. The highest BCUT2D eigenvalue weighted by Gasteiger charge is 2.27. The molecular weight excluding hydrogens is 473 g/mol. The second-order valence-corrected chi connectivity index (χ2v) is 9.11. The lowest BCUT2D eigenvalue weighted by Gasteiger charge is -2.31. The summed E-state index contributed by atoms with van der Waals surface area (Å²) >= 11 is 0. The smallest absolute Gasteiger partial charge is 0.294 e. The predicted molar refractivity (Wildman–Crippen MR) is 140 cm³/mol. The predicted octanol–water partition coefficient (Wildman–Crippen LogP) is 2.17. The Kier molecular flexibility index (Phi) is 6.51. The number of hydrogen-bond donors (Lipinski definition) is 1. The van der Waals surface area contributed by atoms with E-state index in [1.54, 1.807) is 41.8 Å². The minimum Gasteiger partial charge on any atom is -0.341 e. The lowest BCUT2D eigenvalue weighted by Crippen LogP contribution is -2.44. The minimum atomic E-state index is -0.548. The molecule has 1 aliphatic heterocycles. The van der Waals surface area contributed by atoms with E-state index >= 15 is 0 Å². The van der Waals surface area contributed by atoms with Crippen LogP contribution in [0, 0.1) is 29.0 Å². The summed E-state index contributed by atoms with van der Waals surface area (Å²) in [5.74, 6) is 5.92. The summed E-state index contributed by atoms with van der Waals surface area (Å²) in [5.41, 5.74) is 5.94. The van der Waals surface area contributed by atoms with E-state index in [0.717, 1.165) is 17.5 Å². The molecule has 0 saturated carbocycles. The molecule has 2 aromatic heterocycles. The lowest BCUT2D eigenvalue weighted by molar-refractivity contribution is 0.480. The topological polar surface area (TPSA) is 115 Å². The Morgan fingerprint density at radius 2 is 1.89 bits per heavy atom. The fourth-order valence-electron chi connectivity index (χ4n) is 5.02. The number of nitrogens with two attached hydrogens (primary N) is 1. The molecule has 0 radical (unpaired) electrons. The van der Waals surface area contributed by atoms with Gasteiger partial charge >= 0.3 is 0 Å². The van der Waals surface area contributed by atoms with Gasteiger partial charge in [-0.2, -0.15) is 5.26 Å². The average Bonchev–Trinajstić information content (AvgIpc) is 3.29. The van der Waals surface area contributed by atoms with E-state index in [1.165, 1.54) is 10.7 Å². The largest absolute Gasteiger partial charge is 0.341 e. The Morgan fingerprint density at radius 3 is 2.62 bits per heavy atom. The lowest BCUT2D eigenvalue weighted by atomic mass is 10.0. The number of piperidine rings is 1. The molecule has 3 heterocycles. The van der Waals surface area contributed by atoms with E-state index < -0.39 is 11.1 Å². The second kappa shape index (κ2) is 9.92. The Bertz CT molecular complexity index is 1730. The maximum Gasteiger partial charge on any atom is 0.294 e. The number of imidazole rings is 1. The first-order chi connectivity index (χ1) is 17.9. The molecule has 1 aliphatic rings. The summed E-state index contributed by atoms with van der Waals surface area (Å²) in [6.07, 6.45) is 1.75. The Balaban J connectivity index is 1.77. The number of benzene rings is 2. The van der Waals surface area contributed by atoms with Crippen LogP contribution in [0.2, 0.25) is 0 Å². The first kappa shape index (κ1) is 24.3. The van der Waals surface area contributed by atoms with Gasteiger partial charge in [0.15, 0.2) is 5.52 Å². The van der Waals surface area contributed by atoms with E-state index in [-0.39, 0.29) is 42.5 Å². The second-order valence-electron chi connectivity index (χ2n) is 9.11. The van der Waals surface area contributed by atoms with E-state index in [4.69, 9.17) is 5.73 Å². The van der Waals surface area contributed by atoms with Crippen LogP contribution in [-0.2, 0) is 19.6 Å². The zero-order valence-electron chi connectivity index (χ0n) is 20.4. The van der Waals surface area contributed by atoms with Gasteiger partial charge in [0, 0.05) is 24.5 Å². The van der Waals surface area contributed by atoms with Crippen molar-refractivity contribution in [1.29, 1.82) is 5.26 Å². The summed E-state index contributed by atoms with van der Waals surface area (Å²) in [4.78, 5) is 34.2. The third-order valence-electron chi connectivity index (χ3n) is 6.77. The zero-order valence-corrected chi connectivity index (χ0v) is 20.4. The van der Waals surface area contributed by atoms with Gasteiger partial charge in [0.1, 0.15) is 17.9 Å². The van der Waals surface area contributed by atoms with Crippen LogP contribution in [0.5, 0.6) is 0 Å². The molecule has 2 N–H and O–H groups in total. The highest BCUT2D eigenvalue weighted by Crippen LogP contribution is 2.24. The van der Waals surface area contributed by atoms with Crippen LogP contribution in [0.15, 0.2) is 46.0 Å². The Hall–Kier alpha value is -4.41. The number of anilines is 1. The average molecular weight is 500 g/mol. The maximum atomic E-state index is 14.4. The van der Waals surface area contributed by atoms with Gasteiger partial charge in [0.2, 0.25) is 5.95 Å². The molecule has 2 aromatic carbocycles. The van der Waals surface area contributed by atoms with Crippen molar-refractivity contribution in [1.82, 2.24) is 18.9 Å². The summed E-state index contributed by atoms with van der Waals surface area (Å²) < 4.78 is 18.5. The molecule has 5 rings (SSSR count). The molecule has 188 valence electrons. The van der Waals surface area contributed by atoms with Gasteiger partial charge in [0.05, 0.1) is 19.2 Å². The van der Waals surface area contributed by atoms with Gasteiger partial charge in [-0.15, -0.1) is 5.92 Å². The number of aromatic nitrogens is 4. The molecule has 9 nitrogen and oxygen atoms in total. The van der Waals surface area contributed by atoms with Gasteiger partial charge in [-0.25, -0.2) is 18.7 Å². The van der Waals surface area contributed by atoms with Crippen LogP contribution in [0.1, 0.15) is 25.3 Å². The van der Waals surface area contributed by atoms with Crippen molar-refractivity contribution in [3.05, 3.63) is 68.5 Å². The molecule has 0 amide bonds. The van der Waals surface area contributed by atoms with E-state index in [2.05, 4.69) is 16.8 Å². The zero-order chi connectivity index (χ0) is 26.1. The van der Waals surface area contributed by atoms with Gasteiger partial charge in [-0.1, -0.05) is 36.3 Å². The van der Waals surface area contributed by atoms with E-state index in [9.17, 15) is 19.2 Å². The van der Waals surface area contributed by atoms with Crippen LogP contribution < -0.4 is 21.8 Å². The number of hydrogen-bond acceptors (Lipinski definition) is 6. The first-order valence-corrected chi connectivity index (χ1v) is 12.1. The number of halogens is 1. The van der Waals surface area contributed by atoms with Crippen molar-refractivity contribution in [3.8, 4) is 17.9 Å². The molecule has 1 fully saturated rings. The Morgan fingerprint density at radius 1 is 1.11 bits per heavy atom. The van der Waals surface area contributed by atoms with Gasteiger partial charge < -0.3 is 10.6 Å². The molecule has 10 heteroatoms. The molecule has 1 saturated heterocycles. The summed E-state index contributed by atoms with van der Waals surface area (Å²) in [5, 5.41) is 10.5. The van der Waals surface area contributed by atoms with Crippen LogP contribution in [0.3, 0.4) is 0 Å². The van der Waals surface area contributed by atoms with Gasteiger partial charge in [-0.05, 0) is 36.8 Å². The van der Waals surface area contributed by atoms with Crippen LogP contribution >= 0.6 is 0 Å². The van der Waals surface area contributed by atoms with Crippen molar-refractivity contribution >= 4 is 27.8 Å². The number of nitriles is 1. The van der Waals surface area contributed by atoms with Crippen molar-refractivity contribution < 1.29 is 4.39 Å². The molecule has 0 bridgehead atoms. The van der Waals surface area contributed by atoms with Crippen molar-refractivity contribution in [2.45, 2.75) is 45.4 Å². The van der Waals surface area contributed by atoms with Crippen molar-refractivity contribution in [2.75, 3.05) is 18.0 Å². The SMILES string of the molecule is CC#CCn1c(N2CCCC(N)C2)nc2c(=O)n(CC#N)n(Cc3ccc(F)c4ccccc34)c(=O)c21. The third kappa shape index (κ3) is 4.26. The summed E-state index contributed by atoms with van der Waals surface area (Å²) in [6.45, 7) is 2.75. The molecule has 37 heavy (non-hydrogen) atoms. The number of nitrogens with zero attached hydrogens (tertiary/aromatic N) is 6. The van der Waals surface area contributed by atoms with E-state index in [0.29, 0.717) is 35.4 Å². The number of fused-ring (bicyclic) bond motifs is 2. The fraction of sp³-hybridized carbons (Fsp3) is 0.333. The highest BCUT2D eigenvalue weighted by atomic mass is 19.1. The standard InChI is InChI=1S/C27H26FN7O2/c1-2-3-14-33-24-23(31-27(33)32-13-6-7-19(30)17-32)25(36)34(15-12-29)35(26(24)37)16-18-10-11-22(28)21-9-5-4-8-20(18)21/h4-5,8-11,19H,6-7,13-17,30H2,1H3. The van der Waals surface area contributed by atoms with Crippen LogP contribution in [-0.4, -0.2) is 38.0 Å². The van der Waals surface area contributed by atoms with Gasteiger partial charge in [0.25, 0.3) is 11.1 Å². The van der Waals surface area contributed by atoms with Gasteiger partial charge in [-0.3, -0.25) is 14.2 Å². The maximum absolute atomic E-state index is 14.4. The number of rotatable bonds is 5. The molecule has 1 unspecified atom stereocenters. The molecule has 1 atom stereocenters. The Labute approximate surface area is 212 Å². The van der Waals surface area contributed by atoms with Crippen LogP contribution in [0.25, 0.3) is 21.8 Å². The monoisotopic (exact) mass is 499 g/mol. The minimum absolute atomic E-state index is 0.00693. The summed E-state index contributed by atoms with van der Waals surface area (Å²) in [6, 6.07) is 11.8. The fourth-order valence-corrected chi connectivity index (χ4v) is 5.02. The first-order valence-electron chi connectivity index (χ1n) is 12.1. The molecule has 0 spiro atoms. The van der Waals surface area contributed by atoms with Crippen molar-refractivity contribution in [2.24, 2.45) is 5.73 Å². The van der Waals surface area contributed by atoms with Crippen LogP contribution in [0.4, 0.5) is 10.3 Å². The molecular formula is C27H26FN7O2. The van der Waals surface area contributed by atoms with E-state index in [1.807, 2.05) is 11.0 Å². The molecule has 0 aliphatic carbocycles. The third-order valence-corrected chi connectivity index (χ3v) is 6.77. The highest BCUT2D eigenvalue weighted by molar-refractivity contribution is 5.86. The summed E-state index contributed by atoms with van der Waals surface area (Å²) in [7, 11) is 0. The quantitative estimate of drug-likeness (QED) is 0.421. The van der Waals surface area contributed by atoms with Crippen molar-refractivity contribution in [3.63, 3.8) is 0 Å².